The van der Waals surface area contributed by atoms with Crippen molar-refractivity contribution < 1.29 is 9.90 Å². The monoisotopic (exact) mass is 237 g/mol. The van der Waals surface area contributed by atoms with Crippen LogP contribution in [0.4, 0.5) is 5.69 Å². The quantitative estimate of drug-likeness (QED) is 0.792. The number of carbonyl (C=O) groups is 1. The molecule has 1 atom stereocenters. The van der Waals surface area contributed by atoms with Gasteiger partial charge in [-0.15, -0.1) is 12.3 Å². The van der Waals surface area contributed by atoms with Crippen LogP contribution in [0.25, 0.3) is 0 Å². The molecule has 0 radical (unpaired) electrons. The molecule has 0 saturated heterocycles. The van der Waals surface area contributed by atoms with E-state index < -0.39 is 5.97 Å². The summed E-state index contributed by atoms with van der Waals surface area (Å²) in [7, 11) is 0. The number of carboxylic acids is 1. The fourth-order valence-corrected chi connectivity index (χ4v) is 1.61. The minimum atomic E-state index is -1.05. The van der Waals surface area contributed by atoms with Crippen LogP contribution in [0.5, 0.6) is 0 Å². The third-order valence-corrected chi connectivity index (χ3v) is 2.37. The van der Waals surface area contributed by atoms with Crippen LogP contribution in [-0.4, -0.2) is 17.1 Å². The number of aromatic carboxylic acids is 1. The maximum atomic E-state index is 11.0. The third kappa shape index (κ3) is 2.91. The first-order valence-electron chi connectivity index (χ1n) is 4.78. The molecule has 84 valence electrons. The van der Waals surface area contributed by atoms with Crippen molar-refractivity contribution in [1.82, 2.24) is 0 Å². The topological polar surface area (TPSA) is 49.3 Å². The van der Waals surface area contributed by atoms with Gasteiger partial charge in [0.15, 0.2) is 0 Å². The summed E-state index contributed by atoms with van der Waals surface area (Å²) in [5.41, 5.74) is 0.566. The van der Waals surface area contributed by atoms with Crippen LogP contribution in [-0.2, 0) is 0 Å². The highest BCUT2D eigenvalue weighted by Gasteiger charge is 2.15. The van der Waals surface area contributed by atoms with Gasteiger partial charge in [0.1, 0.15) is 5.56 Å². The Labute approximate surface area is 99.4 Å². The zero-order valence-corrected chi connectivity index (χ0v) is 9.58. The van der Waals surface area contributed by atoms with Gasteiger partial charge in [-0.05, 0) is 19.1 Å². The lowest BCUT2D eigenvalue weighted by atomic mass is 10.1. The van der Waals surface area contributed by atoms with Crippen LogP contribution in [0.15, 0.2) is 18.2 Å². The summed E-state index contributed by atoms with van der Waals surface area (Å²) in [6.45, 7) is 1.88. The third-order valence-electron chi connectivity index (χ3n) is 2.05. The minimum Gasteiger partial charge on any atom is -0.478 e. The second-order valence-electron chi connectivity index (χ2n) is 3.42. The molecule has 4 heteroatoms. The second-order valence-corrected chi connectivity index (χ2v) is 3.83. The summed E-state index contributed by atoms with van der Waals surface area (Å²) in [5.74, 6) is 1.45. The van der Waals surface area contributed by atoms with Crippen molar-refractivity contribution in [3.8, 4) is 12.3 Å². The fraction of sp³-hybridized carbons (Fsp3) is 0.250. The van der Waals surface area contributed by atoms with Crippen molar-refractivity contribution in [3.63, 3.8) is 0 Å². The Balaban J connectivity index is 3.00. The summed E-state index contributed by atoms with van der Waals surface area (Å²) in [6.07, 6.45) is 5.70. The molecule has 0 aromatic heterocycles. The zero-order valence-electron chi connectivity index (χ0n) is 8.83. The van der Waals surface area contributed by atoms with Crippen molar-refractivity contribution >= 4 is 23.3 Å². The first-order valence-corrected chi connectivity index (χ1v) is 5.16. The predicted octanol–water partition coefficient (Wildman–Crippen LogP) is 2.86. The van der Waals surface area contributed by atoms with E-state index >= 15 is 0 Å². The van der Waals surface area contributed by atoms with E-state index in [0.717, 1.165) is 0 Å². The average molecular weight is 238 g/mol. The summed E-state index contributed by atoms with van der Waals surface area (Å²) >= 11 is 5.82. The fourth-order valence-electron chi connectivity index (χ4n) is 1.36. The Morgan fingerprint density at radius 3 is 2.94 bits per heavy atom. The van der Waals surface area contributed by atoms with Gasteiger partial charge in [-0.1, -0.05) is 17.7 Å². The molecule has 2 N–H and O–H groups in total. The second kappa shape index (κ2) is 5.43. The highest BCUT2D eigenvalue weighted by molar-refractivity contribution is 6.34. The van der Waals surface area contributed by atoms with Crippen molar-refractivity contribution in [2.24, 2.45) is 0 Å². The van der Waals surface area contributed by atoms with Crippen molar-refractivity contribution in [3.05, 3.63) is 28.8 Å². The largest absolute Gasteiger partial charge is 0.478 e. The van der Waals surface area contributed by atoms with E-state index in [1.165, 1.54) is 0 Å². The molecule has 0 saturated carbocycles. The molecule has 0 heterocycles. The Morgan fingerprint density at radius 1 is 1.69 bits per heavy atom. The zero-order chi connectivity index (χ0) is 12.1. The van der Waals surface area contributed by atoms with Crippen LogP contribution < -0.4 is 5.32 Å². The van der Waals surface area contributed by atoms with Gasteiger partial charge in [0, 0.05) is 12.5 Å². The molecule has 0 amide bonds. The summed E-state index contributed by atoms with van der Waals surface area (Å²) in [5, 5.41) is 12.3. The summed E-state index contributed by atoms with van der Waals surface area (Å²) in [6, 6.07) is 4.91. The van der Waals surface area contributed by atoms with E-state index in [-0.39, 0.29) is 16.6 Å². The molecule has 16 heavy (non-hydrogen) atoms. The van der Waals surface area contributed by atoms with E-state index in [4.69, 9.17) is 23.1 Å². The number of halogens is 1. The SMILES string of the molecule is C#CCC(C)Nc1cccc(Cl)c1C(=O)O. The number of benzene rings is 1. The maximum Gasteiger partial charge on any atom is 0.339 e. The Hall–Kier alpha value is -1.66. The van der Waals surface area contributed by atoms with E-state index in [9.17, 15) is 4.79 Å². The Morgan fingerprint density at radius 2 is 2.38 bits per heavy atom. The van der Waals surface area contributed by atoms with Crippen LogP contribution in [0.1, 0.15) is 23.7 Å². The maximum absolute atomic E-state index is 11.0. The standard InChI is InChI=1S/C12H12ClNO2/c1-3-5-8(2)14-10-7-4-6-9(13)11(10)12(15)16/h1,4,6-8,14H,5H2,2H3,(H,15,16). The van der Waals surface area contributed by atoms with E-state index in [1.807, 2.05) is 6.92 Å². The molecule has 0 fully saturated rings. The number of anilines is 1. The lowest BCUT2D eigenvalue weighted by Gasteiger charge is -2.15. The van der Waals surface area contributed by atoms with E-state index in [0.29, 0.717) is 12.1 Å². The molecule has 0 aliphatic rings. The molecule has 0 spiro atoms. The van der Waals surface area contributed by atoms with Crippen LogP contribution in [0.2, 0.25) is 5.02 Å². The van der Waals surface area contributed by atoms with Crippen molar-refractivity contribution in [2.75, 3.05) is 5.32 Å². The van der Waals surface area contributed by atoms with Crippen molar-refractivity contribution in [2.45, 2.75) is 19.4 Å². The number of hydrogen-bond donors (Lipinski definition) is 2. The van der Waals surface area contributed by atoms with Crippen LogP contribution in [0.3, 0.4) is 0 Å². The lowest BCUT2D eigenvalue weighted by molar-refractivity contribution is 0.0698. The number of carboxylic acid groups (broad SMARTS) is 1. The minimum absolute atomic E-state index is 0.00145. The molecule has 1 aromatic rings. The van der Waals surface area contributed by atoms with Gasteiger partial charge in [0.25, 0.3) is 0 Å². The first-order chi connectivity index (χ1) is 7.56. The van der Waals surface area contributed by atoms with Gasteiger partial charge >= 0.3 is 5.97 Å². The molecule has 1 rings (SSSR count). The number of nitrogens with one attached hydrogen (secondary N) is 1. The molecule has 0 aliphatic heterocycles. The Kier molecular flexibility index (Phi) is 4.21. The summed E-state index contributed by atoms with van der Waals surface area (Å²) in [4.78, 5) is 11.0. The Bertz CT molecular complexity index is 437. The molecule has 1 aromatic carbocycles. The number of terminal acetylenes is 1. The average Bonchev–Trinajstić information content (AvgIpc) is 2.17. The highest BCUT2D eigenvalue weighted by atomic mass is 35.5. The van der Waals surface area contributed by atoms with Gasteiger partial charge < -0.3 is 10.4 Å². The van der Waals surface area contributed by atoms with Gasteiger partial charge in [-0.25, -0.2) is 4.79 Å². The van der Waals surface area contributed by atoms with Gasteiger partial charge in [0.05, 0.1) is 10.7 Å². The first kappa shape index (κ1) is 12.4. The number of hydrogen-bond acceptors (Lipinski definition) is 2. The van der Waals surface area contributed by atoms with E-state index in [1.54, 1.807) is 18.2 Å². The number of rotatable bonds is 4. The van der Waals surface area contributed by atoms with Crippen LogP contribution in [0, 0.1) is 12.3 Å². The molecular formula is C12H12ClNO2. The molecule has 0 aliphatic carbocycles. The summed E-state index contributed by atoms with van der Waals surface area (Å²) < 4.78 is 0. The van der Waals surface area contributed by atoms with E-state index in [2.05, 4.69) is 11.2 Å². The highest BCUT2D eigenvalue weighted by Crippen LogP contribution is 2.25. The molecule has 0 bridgehead atoms. The smallest absolute Gasteiger partial charge is 0.339 e. The molecule has 3 nitrogen and oxygen atoms in total. The van der Waals surface area contributed by atoms with Crippen molar-refractivity contribution in [1.29, 1.82) is 0 Å². The lowest BCUT2D eigenvalue weighted by Crippen LogP contribution is -2.16. The van der Waals surface area contributed by atoms with Gasteiger partial charge in [-0.2, -0.15) is 0 Å². The van der Waals surface area contributed by atoms with Crippen LogP contribution >= 0.6 is 11.6 Å². The predicted molar refractivity (Wildman–Crippen MR) is 64.9 cm³/mol. The van der Waals surface area contributed by atoms with Gasteiger partial charge in [-0.3, -0.25) is 0 Å². The normalized spacial score (nSPS) is 11.6. The van der Waals surface area contributed by atoms with Gasteiger partial charge in [0.2, 0.25) is 0 Å². The molecular weight excluding hydrogens is 226 g/mol. The molecule has 1 unspecified atom stereocenters.